The normalized spacial score (nSPS) is 13.1. The average molecular weight is 345 g/mol. The Bertz CT molecular complexity index is 953. The lowest BCUT2D eigenvalue weighted by atomic mass is 10.1. The quantitative estimate of drug-likeness (QED) is 0.700. The lowest BCUT2D eigenvalue weighted by Gasteiger charge is -2.26. The molecule has 0 radical (unpaired) electrons. The molecule has 0 aliphatic heterocycles. The second-order valence-corrected chi connectivity index (χ2v) is 8.07. The molecule has 0 bridgehead atoms. The van der Waals surface area contributed by atoms with E-state index in [9.17, 15) is 8.42 Å². The first-order valence-corrected chi connectivity index (χ1v) is 9.58. The largest absolute Gasteiger partial charge is 0.356 e. The summed E-state index contributed by atoms with van der Waals surface area (Å²) in [6.07, 6.45) is 2.68. The summed E-state index contributed by atoms with van der Waals surface area (Å²) < 4.78 is 24.8. The molecule has 126 valence electrons. The van der Waals surface area contributed by atoms with Crippen LogP contribution in [0, 0.1) is 0 Å². The molecule has 0 aliphatic rings. The summed E-state index contributed by atoms with van der Waals surface area (Å²) in [7, 11) is -1.23. The summed E-state index contributed by atoms with van der Waals surface area (Å²) in [6.45, 7) is 1.87. The van der Waals surface area contributed by atoms with Crippen LogP contribution in [-0.2, 0) is 9.84 Å². The Labute approximate surface area is 140 Å². The number of fused-ring (bicyclic) bond motifs is 1. The number of aromatic nitrogens is 4. The van der Waals surface area contributed by atoms with Gasteiger partial charge in [-0.3, -0.25) is 0 Å². The summed E-state index contributed by atoms with van der Waals surface area (Å²) in [5, 5.41) is 4.21. The van der Waals surface area contributed by atoms with Gasteiger partial charge in [0.15, 0.2) is 0 Å². The van der Waals surface area contributed by atoms with Gasteiger partial charge in [-0.15, -0.1) is 0 Å². The molecule has 8 heteroatoms. The minimum absolute atomic E-state index is 0.0582. The number of benzene rings is 1. The highest BCUT2D eigenvalue weighted by Crippen LogP contribution is 2.24. The fraction of sp³-hybridized carbons (Fsp3) is 0.312. The van der Waals surface area contributed by atoms with Gasteiger partial charge in [-0.25, -0.2) is 13.4 Å². The van der Waals surface area contributed by atoms with Crippen LogP contribution in [0.3, 0.4) is 0 Å². The molecule has 7 nitrogen and oxygen atoms in total. The number of hydrogen-bond acceptors (Lipinski definition) is 6. The van der Waals surface area contributed by atoms with Gasteiger partial charge < -0.3 is 4.90 Å². The zero-order chi connectivity index (χ0) is 17.3. The summed E-state index contributed by atoms with van der Waals surface area (Å²) in [5.74, 6) is 1.28. The second-order valence-electron chi connectivity index (χ2n) is 5.89. The van der Waals surface area contributed by atoms with Crippen molar-refractivity contribution < 1.29 is 8.42 Å². The maximum atomic E-state index is 11.6. The lowest BCUT2D eigenvalue weighted by molar-refractivity contribution is 0.592. The van der Waals surface area contributed by atoms with Gasteiger partial charge in [0.2, 0.25) is 0 Å². The van der Waals surface area contributed by atoms with E-state index in [2.05, 4.69) is 15.1 Å². The molecule has 24 heavy (non-hydrogen) atoms. The molecule has 1 atom stereocenters. The first kappa shape index (κ1) is 16.4. The van der Waals surface area contributed by atoms with Crippen LogP contribution in [0.5, 0.6) is 0 Å². The summed E-state index contributed by atoms with van der Waals surface area (Å²) in [5.41, 5.74) is 1.73. The number of rotatable bonds is 5. The van der Waals surface area contributed by atoms with Gasteiger partial charge in [-0.2, -0.15) is 14.6 Å². The molecule has 3 rings (SSSR count). The fourth-order valence-corrected chi connectivity index (χ4v) is 3.68. The van der Waals surface area contributed by atoms with E-state index in [1.165, 1.54) is 12.6 Å². The molecule has 3 aromatic rings. The van der Waals surface area contributed by atoms with E-state index in [4.69, 9.17) is 0 Å². The van der Waals surface area contributed by atoms with E-state index in [0.29, 0.717) is 5.78 Å². The Morgan fingerprint density at radius 2 is 1.96 bits per heavy atom. The Balaban J connectivity index is 2.08. The van der Waals surface area contributed by atoms with Crippen LogP contribution >= 0.6 is 0 Å². The Hall–Kier alpha value is -2.48. The third-order valence-electron chi connectivity index (χ3n) is 3.87. The zero-order valence-corrected chi connectivity index (χ0v) is 14.6. The smallest absolute Gasteiger partial charge is 0.254 e. The molecular formula is C16H19N5O2S. The number of hydrogen-bond donors (Lipinski definition) is 0. The highest BCUT2D eigenvalue weighted by atomic mass is 32.2. The third kappa shape index (κ3) is 3.38. The van der Waals surface area contributed by atoms with E-state index >= 15 is 0 Å². The van der Waals surface area contributed by atoms with Crippen LogP contribution in [0.15, 0.2) is 42.7 Å². The third-order valence-corrected chi connectivity index (χ3v) is 4.96. The maximum absolute atomic E-state index is 11.6. The van der Waals surface area contributed by atoms with Crippen LogP contribution in [-0.4, -0.2) is 53.1 Å². The van der Waals surface area contributed by atoms with Gasteiger partial charge in [-0.1, -0.05) is 30.3 Å². The van der Waals surface area contributed by atoms with Crippen molar-refractivity contribution in [1.29, 1.82) is 0 Å². The molecule has 0 saturated carbocycles. The van der Waals surface area contributed by atoms with Crippen molar-refractivity contribution in [2.24, 2.45) is 0 Å². The minimum Gasteiger partial charge on any atom is -0.356 e. The van der Waals surface area contributed by atoms with Gasteiger partial charge in [0.25, 0.3) is 5.78 Å². The molecule has 0 fully saturated rings. The molecule has 0 spiro atoms. The molecule has 2 heterocycles. The van der Waals surface area contributed by atoms with E-state index in [1.54, 1.807) is 4.52 Å². The molecule has 2 aromatic heterocycles. The summed E-state index contributed by atoms with van der Waals surface area (Å²) in [4.78, 5) is 10.6. The van der Waals surface area contributed by atoms with Gasteiger partial charge in [0.05, 0.1) is 11.4 Å². The predicted octanol–water partition coefficient (Wildman–Crippen LogP) is 1.66. The molecule has 0 amide bonds. The van der Waals surface area contributed by atoms with Gasteiger partial charge >= 0.3 is 0 Å². The maximum Gasteiger partial charge on any atom is 0.254 e. The van der Waals surface area contributed by atoms with E-state index in [1.807, 2.05) is 55.3 Å². The number of nitrogens with zero attached hydrogens (tertiary/aromatic N) is 5. The predicted molar refractivity (Wildman–Crippen MR) is 93.8 cm³/mol. The molecular weight excluding hydrogens is 326 g/mol. The number of sulfone groups is 1. The van der Waals surface area contributed by atoms with Crippen molar-refractivity contribution in [3.8, 4) is 11.3 Å². The van der Waals surface area contributed by atoms with Crippen molar-refractivity contribution in [3.05, 3.63) is 42.7 Å². The average Bonchev–Trinajstić information content (AvgIpc) is 3.01. The zero-order valence-electron chi connectivity index (χ0n) is 13.8. The van der Waals surface area contributed by atoms with Crippen LogP contribution in [0.1, 0.15) is 6.92 Å². The lowest BCUT2D eigenvalue weighted by Crippen LogP contribution is -2.36. The SMILES string of the molecule is CC(CS(C)(=O)=O)N(C)c1cc(-c2ccccc2)nc2ncnn12. The van der Waals surface area contributed by atoms with Crippen molar-refractivity contribution in [2.45, 2.75) is 13.0 Å². The molecule has 1 aromatic carbocycles. The molecule has 1 unspecified atom stereocenters. The van der Waals surface area contributed by atoms with Gasteiger partial charge in [0, 0.05) is 31.0 Å². The Morgan fingerprint density at radius 3 is 2.62 bits per heavy atom. The van der Waals surface area contributed by atoms with E-state index in [0.717, 1.165) is 17.1 Å². The topological polar surface area (TPSA) is 80.5 Å². The van der Waals surface area contributed by atoms with E-state index < -0.39 is 9.84 Å². The fourth-order valence-electron chi connectivity index (χ4n) is 2.58. The standard InChI is InChI=1S/C16H19N5O2S/c1-12(10-24(3,22)23)20(2)15-9-14(13-7-5-4-6-8-13)19-16-17-11-18-21(15)16/h4-9,11-12H,10H2,1-3H3. The molecule has 0 saturated heterocycles. The number of anilines is 1. The minimum atomic E-state index is -3.08. The molecule has 0 N–H and O–H groups in total. The van der Waals surface area contributed by atoms with Crippen molar-refractivity contribution in [2.75, 3.05) is 24.0 Å². The highest BCUT2D eigenvalue weighted by Gasteiger charge is 2.20. The van der Waals surface area contributed by atoms with Crippen LogP contribution in [0.25, 0.3) is 17.0 Å². The van der Waals surface area contributed by atoms with Crippen molar-refractivity contribution in [3.63, 3.8) is 0 Å². The van der Waals surface area contributed by atoms with Crippen molar-refractivity contribution in [1.82, 2.24) is 19.6 Å². The summed E-state index contributed by atoms with van der Waals surface area (Å²) >= 11 is 0. The van der Waals surface area contributed by atoms with Crippen LogP contribution in [0.4, 0.5) is 5.82 Å². The first-order chi connectivity index (χ1) is 11.3. The van der Waals surface area contributed by atoms with Crippen molar-refractivity contribution >= 4 is 21.4 Å². The van der Waals surface area contributed by atoms with Crippen LogP contribution < -0.4 is 4.90 Å². The second kappa shape index (κ2) is 6.20. The van der Waals surface area contributed by atoms with Gasteiger partial charge in [-0.05, 0) is 6.92 Å². The monoisotopic (exact) mass is 345 g/mol. The first-order valence-electron chi connectivity index (χ1n) is 7.52. The van der Waals surface area contributed by atoms with E-state index in [-0.39, 0.29) is 11.8 Å². The Morgan fingerprint density at radius 1 is 1.25 bits per heavy atom. The van der Waals surface area contributed by atoms with Gasteiger partial charge in [0.1, 0.15) is 22.0 Å². The van der Waals surface area contributed by atoms with Crippen LogP contribution in [0.2, 0.25) is 0 Å². The Kier molecular flexibility index (Phi) is 4.23. The highest BCUT2D eigenvalue weighted by molar-refractivity contribution is 7.90. The summed E-state index contributed by atoms with van der Waals surface area (Å²) in [6, 6.07) is 11.5. The molecule has 0 aliphatic carbocycles.